The van der Waals surface area contributed by atoms with Gasteiger partial charge in [-0.15, -0.1) is 0 Å². The number of carbonyl (C=O) groups excluding carboxylic acids is 3. The molecule has 1 aliphatic heterocycles. The molecule has 0 unspecified atom stereocenters. The Morgan fingerprint density at radius 1 is 1.10 bits per heavy atom. The Morgan fingerprint density at radius 2 is 1.83 bits per heavy atom. The number of hydrogen-bond acceptors (Lipinski definition) is 5. The molecule has 29 heavy (non-hydrogen) atoms. The second-order valence-electron chi connectivity index (χ2n) is 6.95. The minimum Gasteiger partial charge on any atom is -0.466 e. The van der Waals surface area contributed by atoms with Crippen molar-refractivity contribution in [3.8, 4) is 0 Å². The molecule has 0 spiro atoms. The van der Waals surface area contributed by atoms with E-state index in [1.807, 2.05) is 0 Å². The zero-order valence-electron chi connectivity index (χ0n) is 16.3. The van der Waals surface area contributed by atoms with Crippen molar-refractivity contribution in [3.63, 3.8) is 0 Å². The molecule has 7 nitrogen and oxygen atoms in total. The van der Waals surface area contributed by atoms with Crippen LogP contribution in [-0.2, 0) is 14.3 Å². The fourth-order valence-electron chi connectivity index (χ4n) is 3.57. The predicted octanol–water partition coefficient (Wildman–Crippen LogP) is 2.07. The van der Waals surface area contributed by atoms with E-state index in [4.69, 9.17) is 4.74 Å². The first-order valence-electron chi connectivity index (χ1n) is 9.74. The highest BCUT2D eigenvalue weighted by Crippen LogP contribution is 2.23. The van der Waals surface area contributed by atoms with Gasteiger partial charge in [0.2, 0.25) is 0 Å². The molecule has 2 aromatic rings. The van der Waals surface area contributed by atoms with Gasteiger partial charge in [-0.25, -0.2) is 0 Å². The van der Waals surface area contributed by atoms with E-state index in [-0.39, 0.29) is 19.1 Å². The Bertz CT molecular complexity index is 937. The average Bonchev–Trinajstić information content (AvgIpc) is 2.76. The Balaban J connectivity index is 1.93. The average molecular weight is 396 g/mol. The SMILES string of the molecule is CCOC(=O)[C@@H]1CCCN(C(=O)[C@H](C(=O)c2ccccc2)n2ccccc2=O)C1. The van der Waals surface area contributed by atoms with E-state index in [0.717, 1.165) is 4.57 Å². The van der Waals surface area contributed by atoms with Crippen molar-refractivity contribution < 1.29 is 19.1 Å². The fourth-order valence-corrected chi connectivity index (χ4v) is 3.57. The van der Waals surface area contributed by atoms with Crippen LogP contribution in [0, 0.1) is 5.92 Å². The number of hydrogen-bond donors (Lipinski definition) is 0. The monoisotopic (exact) mass is 396 g/mol. The first-order valence-corrected chi connectivity index (χ1v) is 9.74. The zero-order chi connectivity index (χ0) is 20.8. The van der Waals surface area contributed by atoms with Gasteiger partial charge in [0.05, 0.1) is 12.5 Å². The summed E-state index contributed by atoms with van der Waals surface area (Å²) in [6.45, 7) is 2.62. The van der Waals surface area contributed by atoms with Crippen molar-refractivity contribution in [1.82, 2.24) is 9.47 Å². The maximum absolute atomic E-state index is 13.4. The van der Waals surface area contributed by atoms with E-state index in [0.29, 0.717) is 24.9 Å². The third-order valence-corrected chi connectivity index (χ3v) is 5.02. The van der Waals surface area contributed by atoms with Gasteiger partial charge in [-0.2, -0.15) is 0 Å². The van der Waals surface area contributed by atoms with E-state index >= 15 is 0 Å². The molecule has 1 amide bonds. The topological polar surface area (TPSA) is 85.7 Å². The number of ketones is 1. The molecule has 2 heterocycles. The number of nitrogens with zero attached hydrogens (tertiary/aromatic N) is 2. The summed E-state index contributed by atoms with van der Waals surface area (Å²) >= 11 is 0. The van der Waals surface area contributed by atoms with Crippen molar-refractivity contribution in [3.05, 3.63) is 70.6 Å². The number of amides is 1. The van der Waals surface area contributed by atoms with E-state index in [9.17, 15) is 19.2 Å². The minimum atomic E-state index is -1.31. The van der Waals surface area contributed by atoms with Crippen molar-refractivity contribution in [2.24, 2.45) is 5.92 Å². The molecule has 0 aliphatic carbocycles. The Hall–Kier alpha value is -3.22. The summed E-state index contributed by atoms with van der Waals surface area (Å²) in [5, 5.41) is 0. The third kappa shape index (κ3) is 4.62. The number of likely N-dealkylation sites (tertiary alicyclic amines) is 1. The van der Waals surface area contributed by atoms with E-state index in [2.05, 4.69) is 0 Å². The minimum absolute atomic E-state index is 0.178. The summed E-state index contributed by atoms with van der Waals surface area (Å²) in [6.07, 6.45) is 2.70. The van der Waals surface area contributed by atoms with Crippen molar-refractivity contribution in [2.75, 3.05) is 19.7 Å². The van der Waals surface area contributed by atoms with Gasteiger partial charge in [0.1, 0.15) is 0 Å². The van der Waals surface area contributed by atoms with E-state index < -0.39 is 29.2 Å². The predicted molar refractivity (Wildman–Crippen MR) is 106 cm³/mol. The number of pyridine rings is 1. The molecule has 152 valence electrons. The quantitative estimate of drug-likeness (QED) is 0.424. The van der Waals surface area contributed by atoms with Crippen LogP contribution in [0.1, 0.15) is 36.2 Å². The number of esters is 1. The maximum atomic E-state index is 13.4. The van der Waals surface area contributed by atoms with Crippen LogP contribution >= 0.6 is 0 Å². The summed E-state index contributed by atoms with van der Waals surface area (Å²) in [4.78, 5) is 52.6. The number of carbonyl (C=O) groups is 3. The summed E-state index contributed by atoms with van der Waals surface area (Å²) in [7, 11) is 0. The molecule has 0 N–H and O–H groups in total. The Labute approximate surface area is 168 Å². The molecular formula is C22H24N2O5. The Kier molecular flexibility index (Phi) is 6.59. The largest absolute Gasteiger partial charge is 0.466 e. The molecule has 2 atom stereocenters. The van der Waals surface area contributed by atoms with Gasteiger partial charge in [-0.1, -0.05) is 36.4 Å². The highest BCUT2D eigenvalue weighted by Gasteiger charge is 2.37. The summed E-state index contributed by atoms with van der Waals surface area (Å²) in [6, 6.07) is 11.6. The maximum Gasteiger partial charge on any atom is 0.310 e. The highest BCUT2D eigenvalue weighted by molar-refractivity contribution is 6.11. The Morgan fingerprint density at radius 3 is 2.52 bits per heavy atom. The van der Waals surface area contributed by atoms with Gasteiger partial charge >= 0.3 is 5.97 Å². The van der Waals surface area contributed by atoms with E-state index in [1.165, 1.54) is 17.2 Å². The smallest absolute Gasteiger partial charge is 0.310 e. The molecule has 7 heteroatoms. The molecule has 0 radical (unpaired) electrons. The number of rotatable bonds is 6. The van der Waals surface area contributed by atoms with Gasteiger partial charge in [0, 0.05) is 30.9 Å². The first kappa shape index (κ1) is 20.5. The summed E-state index contributed by atoms with van der Waals surface area (Å²) in [5.41, 5.74) is -0.0883. The lowest BCUT2D eigenvalue weighted by molar-refractivity contribution is -0.151. The number of Topliss-reactive ketones (excluding diaryl/α,β-unsaturated/α-hetero) is 1. The van der Waals surface area contributed by atoms with Crippen LogP contribution in [0.5, 0.6) is 0 Å². The molecule has 0 bridgehead atoms. The molecule has 1 aromatic carbocycles. The van der Waals surface area contributed by atoms with Gasteiger partial charge in [-0.05, 0) is 25.8 Å². The van der Waals surface area contributed by atoms with Gasteiger partial charge in [0.15, 0.2) is 11.8 Å². The van der Waals surface area contributed by atoms with Crippen molar-refractivity contribution >= 4 is 17.7 Å². The second-order valence-corrected chi connectivity index (χ2v) is 6.95. The van der Waals surface area contributed by atoms with Crippen LogP contribution in [0.2, 0.25) is 0 Å². The summed E-state index contributed by atoms with van der Waals surface area (Å²) in [5.74, 6) is -1.70. The van der Waals surface area contributed by atoms with Crippen LogP contribution in [-0.4, -0.2) is 46.8 Å². The first-order chi connectivity index (χ1) is 14.0. The van der Waals surface area contributed by atoms with E-state index in [1.54, 1.807) is 49.4 Å². The lowest BCUT2D eigenvalue weighted by atomic mass is 9.96. The van der Waals surface area contributed by atoms with Crippen molar-refractivity contribution in [2.45, 2.75) is 25.8 Å². The molecule has 1 saturated heterocycles. The molecule has 1 aromatic heterocycles. The van der Waals surface area contributed by atoms with Gasteiger partial charge < -0.3 is 9.64 Å². The van der Waals surface area contributed by atoms with Crippen LogP contribution in [0.25, 0.3) is 0 Å². The molecule has 1 aliphatic rings. The fraction of sp³-hybridized carbons (Fsp3) is 0.364. The number of ether oxygens (including phenoxy) is 1. The lowest BCUT2D eigenvalue weighted by Crippen LogP contribution is -2.48. The lowest BCUT2D eigenvalue weighted by Gasteiger charge is -2.34. The molecular weight excluding hydrogens is 372 g/mol. The molecule has 1 fully saturated rings. The molecule has 0 saturated carbocycles. The number of benzene rings is 1. The molecule has 3 rings (SSSR count). The van der Waals surface area contributed by atoms with Crippen molar-refractivity contribution in [1.29, 1.82) is 0 Å². The van der Waals surface area contributed by atoms with Crippen LogP contribution in [0.4, 0.5) is 0 Å². The standard InChI is InChI=1S/C22H24N2O5/c1-2-29-22(28)17-11-8-13-23(15-17)21(27)19(24-14-7-6-12-18(24)25)20(26)16-9-4-3-5-10-16/h3-7,9-10,12,14,17,19H,2,8,11,13,15H2,1H3/t17-,19+/m1/s1. The number of piperidine rings is 1. The third-order valence-electron chi connectivity index (χ3n) is 5.02. The number of aromatic nitrogens is 1. The normalized spacial score (nSPS) is 17.4. The second kappa shape index (κ2) is 9.32. The van der Waals surface area contributed by atoms with Gasteiger partial charge in [0.25, 0.3) is 11.5 Å². The van der Waals surface area contributed by atoms with Crippen LogP contribution < -0.4 is 5.56 Å². The van der Waals surface area contributed by atoms with Crippen LogP contribution in [0.15, 0.2) is 59.5 Å². The summed E-state index contributed by atoms with van der Waals surface area (Å²) < 4.78 is 6.25. The van der Waals surface area contributed by atoms with Crippen LogP contribution in [0.3, 0.4) is 0 Å². The van der Waals surface area contributed by atoms with Gasteiger partial charge in [-0.3, -0.25) is 23.7 Å². The highest BCUT2D eigenvalue weighted by atomic mass is 16.5. The zero-order valence-corrected chi connectivity index (χ0v) is 16.3.